The number of aromatic nitrogens is 1. The average Bonchev–Trinajstić information content (AvgIpc) is 3.28. The number of anilines is 1. The first-order valence-corrected chi connectivity index (χ1v) is 13.5. The van der Waals surface area contributed by atoms with Crippen LogP contribution < -0.4 is 9.64 Å². The van der Waals surface area contributed by atoms with Crippen LogP contribution in [0.4, 0.5) is 5.13 Å². The number of para-hydroxylation sites is 1. The van der Waals surface area contributed by atoms with Crippen LogP contribution in [-0.4, -0.2) is 75.9 Å². The van der Waals surface area contributed by atoms with E-state index in [1.165, 1.54) is 15.6 Å². The predicted molar refractivity (Wildman–Crippen MR) is 135 cm³/mol. The van der Waals surface area contributed by atoms with Crippen molar-refractivity contribution in [2.75, 3.05) is 52.3 Å². The highest BCUT2D eigenvalue weighted by molar-refractivity contribution is 7.89. The molecule has 0 radical (unpaired) electrons. The van der Waals surface area contributed by atoms with Crippen LogP contribution in [-0.2, 0) is 14.8 Å². The molecule has 1 atom stereocenters. The summed E-state index contributed by atoms with van der Waals surface area (Å²) in [7, 11) is 1.87. The van der Waals surface area contributed by atoms with Gasteiger partial charge in [0.05, 0.1) is 22.6 Å². The van der Waals surface area contributed by atoms with Crippen molar-refractivity contribution in [2.45, 2.75) is 17.7 Å². The molecule has 0 bridgehead atoms. The number of thiazole rings is 1. The molecule has 2 aromatic carbocycles. The third kappa shape index (κ3) is 5.10. The van der Waals surface area contributed by atoms with Crippen LogP contribution in [0, 0.1) is 5.92 Å². The van der Waals surface area contributed by atoms with Gasteiger partial charge in [-0.25, -0.2) is 13.4 Å². The van der Waals surface area contributed by atoms with Crippen molar-refractivity contribution in [3.63, 3.8) is 0 Å². The zero-order valence-electron chi connectivity index (χ0n) is 19.7. The van der Waals surface area contributed by atoms with E-state index in [9.17, 15) is 13.2 Å². The Labute approximate surface area is 204 Å². The number of benzene rings is 2. The first kappa shape index (κ1) is 24.6. The van der Waals surface area contributed by atoms with Crippen molar-refractivity contribution in [3.8, 4) is 5.75 Å². The molecule has 1 amide bonds. The lowest BCUT2D eigenvalue weighted by Crippen LogP contribution is -2.48. The minimum absolute atomic E-state index is 0.0900. The van der Waals surface area contributed by atoms with Crippen molar-refractivity contribution < 1.29 is 17.9 Å². The van der Waals surface area contributed by atoms with Crippen LogP contribution in [0.3, 0.4) is 0 Å². The lowest BCUT2D eigenvalue weighted by Gasteiger charge is -2.34. The minimum Gasteiger partial charge on any atom is -0.494 e. The Hall–Kier alpha value is -2.53. The number of methoxy groups -OCH3 is 1. The first-order chi connectivity index (χ1) is 16.3. The number of sulfonamides is 1. The van der Waals surface area contributed by atoms with Crippen LogP contribution in [0.1, 0.15) is 12.8 Å². The van der Waals surface area contributed by atoms with Crippen molar-refractivity contribution in [3.05, 3.63) is 48.5 Å². The molecule has 1 aliphatic heterocycles. The second-order valence-corrected chi connectivity index (χ2v) is 11.6. The number of nitrogens with zero attached hydrogens (tertiary/aromatic N) is 4. The van der Waals surface area contributed by atoms with Gasteiger partial charge in [0.15, 0.2) is 5.13 Å². The molecule has 8 nitrogen and oxygen atoms in total. The molecule has 10 heteroatoms. The summed E-state index contributed by atoms with van der Waals surface area (Å²) in [6.45, 7) is 1.72. The zero-order chi connectivity index (χ0) is 24.3. The Morgan fingerprint density at radius 3 is 2.62 bits per heavy atom. The average molecular weight is 503 g/mol. The fraction of sp³-hybridized carbons (Fsp3) is 0.417. The van der Waals surface area contributed by atoms with Gasteiger partial charge in [0.25, 0.3) is 0 Å². The van der Waals surface area contributed by atoms with E-state index in [1.807, 2.05) is 37.2 Å². The van der Waals surface area contributed by atoms with Gasteiger partial charge in [0.1, 0.15) is 11.3 Å². The second-order valence-electron chi connectivity index (χ2n) is 8.61. The highest BCUT2D eigenvalue weighted by Crippen LogP contribution is 2.35. The summed E-state index contributed by atoms with van der Waals surface area (Å²) in [5.74, 6) is 0.147. The maximum atomic E-state index is 13.8. The summed E-state index contributed by atoms with van der Waals surface area (Å²) in [5, 5.41) is 0.606. The number of hydrogen-bond acceptors (Lipinski definition) is 7. The molecule has 1 aliphatic rings. The number of fused-ring (bicyclic) bond motifs is 1. The van der Waals surface area contributed by atoms with Gasteiger partial charge in [0, 0.05) is 26.2 Å². The maximum absolute atomic E-state index is 13.8. The van der Waals surface area contributed by atoms with Gasteiger partial charge >= 0.3 is 0 Å². The number of likely N-dealkylation sites (N-methyl/N-ethyl adjacent to an activating group) is 1. The Morgan fingerprint density at radius 2 is 1.91 bits per heavy atom. The normalized spacial score (nSPS) is 17.2. The third-order valence-corrected chi connectivity index (χ3v) is 8.90. The summed E-state index contributed by atoms with van der Waals surface area (Å²) in [6, 6.07) is 14.1. The van der Waals surface area contributed by atoms with E-state index in [-0.39, 0.29) is 17.3 Å². The monoisotopic (exact) mass is 502 g/mol. The van der Waals surface area contributed by atoms with E-state index in [1.54, 1.807) is 42.3 Å². The van der Waals surface area contributed by atoms with Crippen LogP contribution in [0.2, 0.25) is 0 Å². The van der Waals surface area contributed by atoms with Gasteiger partial charge in [-0.1, -0.05) is 35.6 Å². The molecule has 1 unspecified atom stereocenters. The Kier molecular flexibility index (Phi) is 7.51. The van der Waals surface area contributed by atoms with Gasteiger partial charge in [-0.2, -0.15) is 4.31 Å². The molecule has 3 aromatic rings. The third-order valence-electron chi connectivity index (χ3n) is 5.97. The standard InChI is InChI=1S/C24H30N4O4S2/c1-26(2)15-16-28(24-25-22-20(32-3)12-7-13-21(22)33-24)23(29)18-9-8-14-27(17-18)34(30,31)19-10-5-4-6-11-19/h4-7,10-13,18H,8-9,14-17H2,1-3H3. The molecule has 1 aromatic heterocycles. The van der Waals surface area contributed by atoms with Crippen molar-refractivity contribution in [1.82, 2.24) is 14.2 Å². The maximum Gasteiger partial charge on any atom is 0.243 e. The molecule has 182 valence electrons. The molecule has 4 rings (SSSR count). The summed E-state index contributed by atoms with van der Waals surface area (Å²) >= 11 is 1.45. The number of hydrogen-bond donors (Lipinski definition) is 0. The predicted octanol–water partition coefficient (Wildman–Crippen LogP) is 3.30. The Morgan fingerprint density at radius 1 is 1.15 bits per heavy atom. The SMILES string of the molecule is COc1cccc2sc(N(CCN(C)C)C(=O)C3CCCN(S(=O)(=O)c4ccccc4)C3)nc12. The Bertz CT molecular complexity index is 1240. The highest BCUT2D eigenvalue weighted by Gasteiger charge is 2.36. The number of amides is 1. The van der Waals surface area contributed by atoms with E-state index in [4.69, 9.17) is 9.72 Å². The number of carbonyl (C=O) groups excluding carboxylic acids is 1. The van der Waals surface area contributed by atoms with Gasteiger partial charge in [-0.05, 0) is 51.2 Å². The van der Waals surface area contributed by atoms with Gasteiger partial charge in [-0.3, -0.25) is 9.69 Å². The Balaban J connectivity index is 1.61. The number of carbonyl (C=O) groups is 1. The van der Waals surface area contributed by atoms with Crippen LogP contribution in [0.15, 0.2) is 53.4 Å². The highest BCUT2D eigenvalue weighted by atomic mass is 32.2. The molecule has 1 fully saturated rings. The van der Waals surface area contributed by atoms with Gasteiger partial charge in [0.2, 0.25) is 15.9 Å². The molecular weight excluding hydrogens is 472 g/mol. The van der Waals surface area contributed by atoms with E-state index >= 15 is 0 Å². The number of ether oxygens (including phenoxy) is 1. The van der Waals surface area contributed by atoms with Crippen LogP contribution in [0.25, 0.3) is 10.2 Å². The molecular formula is C24H30N4O4S2. The molecule has 2 heterocycles. The van der Waals surface area contributed by atoms with E-state index in [0.717, 1.165) is 10.2 Å². The molecule has 0 spiro atoms. The van der Waals surface area contributed by atoms with E-state index in [2.05, 4.69) is 0 Å². The fourth-order valence-electron chi connectivity index (χ4n) is 4.12. The minimum atomic E-state index is -3.65. The number of piperidine rings is 1. The molecule has 0 aliphatic carbocycles. The summed E-state index contributed by atoms with van der Waals surface area (Å²) in [4.78, 5) is 22.5. The topological polar surface area (TPSA) is 83.0 Å². The number of rotatable bonds is 8. The summed E-state index contributed by atoms with van der Waals surface area (Å²) < 4.78 is 34.2. The van der Waals surface area contributed by atoms with Crippen LogP contribution in [0.5, 0.6) is 5.75 Å². The molecule has 1 saturated heterocycles. The first-order valence-electron chi connectivity index (χ1n) is 11.3. The lowest BCUT2D eigenvalue weighted by molar-refractivity contribution is -0.123. The second kappa shape index (κ2) is 10.4. The van der Waals surface area contributed by atoms with Gasteiger partial charge < -0.3 is 9.64 Å². The van der Waals surface area contributed by atoms with Crippen molar-refractivity contribution >= 4 is 42.6 Å². The zero-order valence-corrected chi connectivity index (χ0v) is 21.3. The van der Waals surface area contributed by atoms with E-state index in [0.29, 0.717) is 43.4 Å². The van der Waals surface area contributed by atoms with Crippen LogP contribution >= 0.6 is 11.3 Å². The quantitative estimate of drug-likeness (QED) is 0.470. The largest absolute Gasteiger partial charge is 0.494 e. The molecule has 0 N–H and O–H groups in total. The molecule has 34 heavy (non-hydrogen) atoms. The summed E-state index contributed by atoms with van der Waals surface area (Å²) in [5.41, 5.74) is 0.726. The molecule has 0 saturated carbocycles. The summed E-state index contributed by atoms with van der Waals surface area (Å²) in [6.07, 6.45) is 1.28. The fourth-order valence-corrected chi connectivity index (χ4v) is 6.68. The smallest absolute Gasteiger partial charge is 0.243 e. The lowest BCUT2D eigenvalue weighted by atomic mass is 9.98. The van der Waals surface area contributed by atoms with Gasteiger partial charge in [-0.15, -0.1) is 0 Å². The van der Waals surface area contributed by atoms with Crippen molar-refractivity contribution in [2.24, 2.45) is 5.92 Å². The van der Waals surface area contributed by atoms with Crippen molar-refractivity contribution in [1.29, 1.82) is 0 Å². The van der Waals surface area contributed by atoms with E-state index < -0.39 is 15.9 Å².